The molecule has 0 atom stereocenters. The van der Waals surface area contributed by atoms with Crippen molar-refractivity contribution in [1.82, 2.24) is 14.5 Å². The molecule has 4 nitrogen and oxygen atoms in total. The first-order chi connectivity index (χ1) is 8.24. The highest BCUT2D eigenvalue weighted by molar-refractivity contribution is 5.82. The Morgan fingerprint density at radius 2 is 2.06 bits per heavy atom. The fourth-order valence-electron chi connectivity index (χ4n) is 1.89. The van der Waals surface area contributed by atoms with E-state index in [0.29, 0.717) is 0 Å². The number of rotatable bonds is 1. The maximum atomic E-state index is 5.74. The van der Waals surface area contributed by atoms with Gasteiger partial charge < -0.3 is 5.73 Å². The minimum Gasteiger partial charge on any atom is -0.399 e. The molecular weight excluding hydrogens is 212 g/mol. The van der Waals surface area contributed by atoms with E-state index < -0.39 is 0 Å². The van der Waals surface area contributed by atoms with Crippen molar-refractivity contribution in [2.75, 3.05) is 5.73 Å². The Hall–Kier alpha value is -2.36. The summed E-state index contributed by atoms with van der Waals surface area (Å²) in [6, 6.07) is 9.71. The van der Waals surface area contributed by atoms with Crippen molar-refractivity contribution in [2.24, 2.45) is 0 Å². The number of anilines is 1. The normalized spacial score (nSPS) is 10.9. The molecule has 4 heteroatoms. The summed E-state index contributed by atoms with van der Waals surface area (Å²) in [7, 11) is 0. The molecule has 2 heterocycles. The SMILES string of the molecule is Cc1nccn1-c1ccc2cc(N)ccc2n1. The molecule has 0 saturated heterocycles. The van der Waals surface area contributed by atoms with Crippen molar-refractivity contribution in [3.8, 4) is 5.82 Å². The van der Waals surface area contributed by atoms with Crippen LogP contribution >= 0.6 is 0 Å². The Kier molecular flexibility index (Phi) is 2.08. The Balaban J connectivity index is 2.20. The molecule has 0 fully saturated rings. The molecule has 2 N–H and O–H groups in total. The van der Waals surface area contributed by atoms with Gasteiger partial charge in [-0.15, -0.1) is 0 Å². The van der Waals surface area contributed by atoms with E-state index in [9.17, 15) is 0 Å². The minimum absolute atomic E-state index is 0.755. The monoisotopic (exact) mass is 224 g/mol. The second-order valence-corrected chi connectivity index (χ2v) is 3.97. The molecule has 0 amide bonds. The predicted octanol–water partition coefficient (Wildman–Crippen LogP) is 2.31. The minimum atomic E-state index is 0.755. The van der Waals surface area contributed by atoms with E-state index in [1.54, 1.807) is 6.20 Å². The number of hydrogen-bond acceptors (Lipinski definition) is 3. The fraction of sp³-hybridized carbons (Fsp3) is 0.0769. The summed E-state index contributed by atoms with van der Waals surface area (Å²) in [5.74, 6) is 1.80. The smallest absolute Gasteiger partial charge is 0.138 e. The molecule has 0 aliphatic carbocycles. The first-order valence-electron chi connectivity index (χ1n) is 5.41. The Morgan fingerprint density at radius 1 is 1.18 bits per heavy atom. The summed E-state index contributed by atoms with van der Waals surface area (Å²) in [5, 5.41) is 1.05. The van der Waals surface area contributed by atoms with Gasteiger partial charge in [0.2, 0.25) is 0 Å². The molecule has 3 aromatic rings. The van der Waals surface area contributed by atoms with Crippen molar-refractivity contribution in [2.45, 2.75) is 6.92 Å². The molecule has 0 unspecified atom stereocenters. The van der Waals surface area contributed by atoms with Gasteiger partial charge in [-0.1, -0.05) is 0 Å². The largest absolute Gasteiger partial charge is 0.399 e. The summed E-state index contributed by atoms with van der Waals surface area (Å²) in [4.78, 5) is 8.78. The zero-order chi connectivity index (χ0) is 11.8. The van der Waals surface area contributed by atoms with Gasteiger partial charge in [0.25, 0.3) is 0 Å². The van der Waals surface area contributed by atoms with E-state index >= 15 is 0 Å². The quantitative estimate of drug-likeness (QED) is 0.645. The predicted molar refractivity (Wildman–Crippen MR) is 68.0 cm³/mol. The third-order valence-corrected chi connectivity index (χ3v) is 2.77. The summed E-state index contributed by atoms with van der Waals surface area (Å²) >= 11 is 0. The van der Waals surface area contributed by atoms with Crippen LogP contribution in [0, 0.1) is 6.92 Å². The van der Waals surface area contributed by atoms with Crippen LogP contribution in [0.4, 0.5) is 5.69 Å². The summed E-state index contributed by atoms with van der Waals surface area (Å²) in [6.45, 7) is 1.95. The molecule has 1 aromatic carbocycles. The van der Waals surface area contributed by atoms with Crippen molar-refractivity contribution in [3.63, 3.8) is 0 Å². The molecule has 0 radical (unpaired) electrons. The maximum absolute atomic E-state index is 5.74. The molecule has 3 rings (SSSR count). The van der Waals surface area contributed by atoms with Gasteiger partial charge in [-0.25, -0.2) is 9.97 Å². The molecule has 17 heavy (non-hydrogen) atoms. The lowest BCUT2D eigenvalue weighted by Gasteiger charge is -2.05. The van der Waals surface area contributed by atoms with E-state index in [1.165, 1.54) is 0 Å². The first kappa shape index (κ1) is 9.84. The molecule has 0 spiro atoms. The second kappa shape index (κ2) is 3.59. The average molecular weight is 224 g/mol. The number of hydrogen-bond donors (Lipinski definition) is 1. The lowest BCUT2D eigenvalue weighted by Crippen LogP contribution is -1.98. The highest BCUT2D eigenvalue weighted by atomic mass is 15.1. The van der Waals surface area contributed by atoms with Gasteiger partial charge in [0, 0.05) is 23.5 Å². The average Bonchev–Trinajstić information content (AvgIpc) is 2.75. The zero-order valence-corrected chi connectivity index (χ0v) is 9.46. The number of aryl methyl sites for hydroxylation is 1. The third-order valence-electron chi connectivity index (χ3n) is 2.77. The van der Waals surface area contributed by atoms with Gasteiger partial charge in [0.05, 0.1) is 5.52 Å². The molecule has 0 bridgehead atoms. The first-order valence-corrected chi connectivity index (χ1v) is 5.41. The lowest BCUT2D eigenvalue weighted by atomic mass is 10.2. The molecule has 0 aliphatic heterocycles. The number of nitrogens with two attached hydrogens (primary N) is 1. The van der Waals surface area contributed by atoms with Crippen molar-refractivity contribution in [1.29, 1.82) is 0 Å². The van der Waals surface area contributed by atoms with Crippen LogP contribution in [0.5, 0.6) is 0 Å². The Bertz CT molecular complexity index is 685. The molecule has 0 aliphatic rings. The Morgan fingerprint density at radius 3 is 2.82 bits per heavy atom. The van der Waals surface area contributed by atoms with Crippen LogP contribution in [-0.2, 0) is 0 Å². The highest BCUT2D eigenvalue weighted by Gasteiger charge is 2.03. The highest BCUT2D eigenvalue weighted by Crippen LogP contribution is 2.18. The van der Waals surface area contributed by atoms with Crippen LogP contribution in [-0.4, -0.2) is 14.5 Å². The van der Waals surface area contributed by atoms with Crippen LogP contribution in [0.1, 0.15) is 5.82 Å². The van der Waals surface area contributed by atoms with Crippen LogP contribution < -0.4 is 5.73 Å². The summed E-state index contributed by atoms with van der Waals surface area (Å²) in [5.41, 5.74) is 7.43. The van der Waals surface area contributed by atoms with Crippen molar-refractivity contribution in [3.05, 3.63) is 48.5 Å². The fourth-order valence-corrected chi connectivity index (χ4v) is 1.89. The van der Waals surface area contributed by atoms with E-state index in [1.807, 2.05) is 48.0 Å². The summed E-state index contributed by atoms with van der Waals surface area (Å²) < 4.78 is 1.95. The number of nitrogens with zero attached hydrogens (tertiary/aromatic N) is 3. The van der Waals surface area contributed by atoms with Crippen LogP contribution in [0.3, 0.4) is 0 Å². The molecule has 84 valence electrons. The van der Waals surface area contributed by atoms with Gasteiger partial charge in [-0.3, -0.25) is 4.57 Å². The number of aromatic nitrogens is 3. The number of pyridine rings is 1. The van der Waals surface area contributed by atoms with Crippen LogP contribution in [0.25, 0.3) is 16.7 Å². The van der Waals surface area contributed by atoms with Crippen molar-refractivity contribution < 1.29 is 0 Å². The lowest BCUT2D eigenvalue weighted by molar-refractivity contribution is 0.941. The van der Waals surface area contributed by atoms with Gasteiger partial charge in [-0.2, -0.15) is 0 Å². The number of imidazole rings is 1. The standard InChI is InChI=1S/C13H12N4/c1-9-15-6-7-17(9)13-5-2-10-8-11(14)3-4-12(10)16-13/h2-8H,14H2,1H3. The molecule has 0 saturated carbocycles. The third kappa shape index (κ3) is 1.63. The number of fused-ring (bicyclic) bond motifs is 1. The second-order valence-electron chi connectivity index (χ2n) is 3.97. The van der Waals surface area contributed by atoms with Gasteiger partial charge in [0.1, 0.15) is 11.6 Å². The topological polar surface area (TPSA) is 56.7 Å². The van der Waals surface area contributed by atoms with Crippen molar-refractivity contribution >= 4 is 16.6 Å². The number of benzene rings is 1. The van der Waals surface area contributed by atoms with Crippen LogP contribution in [0.2, 0.25) is 0 Å². The molecular formula is C13H12N4. The van der Waals surface area contributed by atoms with E-state index in [2.05, 4.69) is 9.97 Å². The maximum Gasteiger partial charge on any atom is 0.138 e. The van der Waals surface area contributed by atoms with Gasteiger partial charge in [-0.05, 0) is 37.3 Å². The Labute approximate surface area is 98.7 Å². The van der Waals surface area contributed by atoms with E-state index in [-0.39, 0.29) is 0 Å². The van der Waals surface area contributed by atoms with Gasteiger partial charge in [0.15, 0.2) is 0 Å². The van der Waals surface area contributed by atoms with Gasteiger partial charge >= 0.3 is 0 Å². The molecule has 2 aromatic heterocycles. The summed E-state index contributed by atoms with van der Waals surface area (Å²) in [6.07, 6.45) is 3.67. The zero-order valence-electron chi connectivity index (χ0n) is 9.46. The van der Waals surface area contributed by atoms with Crippen LogP contribution in [0.15, 0.2) is 42.7 Å². The van der Waals surface area contributed by atoms with E-state index in [0.717, 1.165) is 28.2 Å². The van der Waals surface area contributed by atoms with E-state index in [4.69, 9.17) is 5.73 Å². The number of nitrogen functional groups attached to an aromatic ring is 1.